The molecule has 7 nitrogen and oxygen atoms in total. The van der Waals surface area contributed by atoms with Crippen molar-refractivity contribution in [3.05, 3.63) is 48.5 Å². The van der Waals surface area contributed by atoms with Gasteiger partial charge in [0, 0.05) is 31.4 Å². The van der Waals surface area contributed by atoms with E-state index in [9.17, 15) is 9.59 Å². The van der Waals surface area contributed by atoms with E-state index in [0.29, 0.717) is 30.8 Å². The van der Waals surface area contributed by atoms with Crippen molar-refractivity contribution in [1.82, 2.24) is 19.8 Å². The topological polar surface area (TPSA) is 76.5 Å². The second-order valence-corrected chi connectivity index (χ2v) is 7.45. The Bertz CT molecular complexity index is 836. The van der Waals surface area contributed by atoms with Crippen LogP contribution < -0.4 is 10.1 Å². The van der Waals surface area contributed by atoms with E-state index < -0.39 is 5.60 Å². The molecule has 0 unspecified atom stereocenters. The number of piperidine rings is 1. The normalized spacial score (nSPS) is 23.1. The van der Waals surface area contributed by atoms with Crippen LogP contribution >= 0.6 is 0 Å². The zero-order chi connectivity index (χ0) is 18.9. The van der Waals surface area contributed by atoms with Crippen LogP contribution in [0, 0.1) is 0 Å². The first-order valence-corrected chi connectivity index (χ1v) is 9.38. The number of amides is 2. The average molecular weight is 368 g/mol. The summed E-state index contributed by atoms with van der Waals surface area (Å²) in [7, 11) is 0. The van der Waals surface area contributed by atoms with E-state index in [2.05, 4.69) is 10.3 Å². The molecule has 1 aromatic heterocycles. The van der Waals surface area contributed by atoms with Crippen LogP contribution in [0.4, 0.5) is 0 Å². The highest BCUT2D eigenvalue weighted by Crippen LogP contribution is 2.32. The van der Waals surface area contributed by atoms with Gasteiger partial charge in [-0.15, -0.1) is 0 Å². The first kappa shape index (κ1) is 17.6. The third-order valence-electron chi connectivity index (χ3n) is 5.43. The Morgan fingerprint density at radius 1 is 1.41 bits per heavy atom. The van der Waals surface area contributed by atoms with Crippen molar-refractivity contribution in [2.24, 2.45) is 0 Å². The molecule has 0 aliphatic carbocycles. The van der Waals surface area contributed by atoms with E-state index in [-0.39, 0.29) is 17.9 Å². The van der Waals surface area contributed by atoms with Gasteiger partial charge in [0.15, 0.2) is 0 Å². The molecule has 2 aliphatic heterocycles. The van der Waals surface area contributed by atoms with Crippen molar-refractivity contribution in [3.8, 4) is 5.75 Å². The molecule has 1 N–H and O–H groups in total. The second-order valence-electron chi connectivity index (χ2n) is 7.45. The first-order chi connectivity index (χ1) is 13.1. The van der Waals surface area contributed by atoms with Gasteiger partial charge in [-0.2, -0.15) is 0 Å². The Labute approximate surface area is 158 Å². The Morgan fingerprint density at radius 2 is 2.26 bits per heavy atom. The number of hydrogen-bond acceptors (Lipinski definition) is 4. The summed E-state index contributed by atoms with van der Waals surface area (Å²) in [4.78, 5) is 31.1. The van der Waals surface area contributed by atoms with Crippen molar-refractivity contribution < 1.29 is 14.3 Å². The van der Waals surface area contributed by atoms with E-state index in [0.717, 1.165) is 19.4 Å². The maximum atomic E-state index is 12.9. The molecule has 4 rings (SSSR count). The van der Waals surface area contributed by atoms with Crippen LogP contribution in [-0.2, 0) is 4.79 Å². The number of hydrogen-bond donors (Lipinski definition) is 1. The minimum absolute atomic E-state index is 0.0494. The van der Waals surface area contributed by atoms with Gasteiger partial charge in [-0.1, -0.05) is 12.1 Å². The highest BCUT2D eigenvalue weighted by molar-refractivity contribution is 5.97. The summed E-state index contributed by atoms with van der Waals surface area (Å²) in [5.74, 6) is 0.566. The van der Waals surface area contributed by atoms with Crippen LogP contribution in [0.15, 0.2) is 43.0 Å². The summed E-state index contributed by atoms with van der Waals surface area (Å²) in [5, 5.41) is 2.97. The van der Waals surface area contributed by atoms with Crippen LogP contribution in [-0.4, -0.2) is 51.5 Å². The fourth-order valence-electron chi connectivity index (χ4n) is 3.91. The molecule has 3 heterocycles. The van der Waals surface area contributed by atoms with Gasteiger partial charge < -0.3 is 19.5 Å². The van der Waals surface area contributed by atoms with E-state index >= 15 is 0 Å². The lowest BCUT2D eigenvalue weighted by molar-refractivity contribution is -0.137. The summed E-state index contributed by atoms with van der Waals surface area (Å²) in [5.41, 5.74) is -0.0272. The smallest absolute Gasteiger partial charge is 0.255 e. The number of fused-ring (bicyclic) bond motifs is 1. The molecule has 1 saturated heterocycles. The van der Waals surface area contributed by atoms with Crippen LogP contribution in [0.5, 0.6) is 5.75 Å². The van der Waals surface area contributed by atoms with Crippen molar-refractivity contribution >= 4 is 11.8 Å². The molecular formula is C20H24N4O3. The SMILES string of the molecule is C[C@@H](CC(=O)N1CCC[C@]2(CNC(=O)c3ccccc3O2)C1)n1ccnc1. The largest absolute Gasteiger partial charge is 0.483 e. The maximum Gasteiger partial charge on any atom is 0.255 e. The molecule has 0 saturated carbocycles. The summed E-state index contributed by atoms with van der Waals surface area (Å²) in [6.45, 7) is 3.62. The number of ether oxygens (including phenoxy) is 1. The van der Waals surface area contributed by atoms with Gasteiger partial charge in [0.25, 0.3) is 5.91 Å². The van der Waals surface area contributed by atoms with E-state index in [1.54, 1.807) is 18.6 Å². The molecule has 2 amide bonds. The minimum atomic E-state index is -0.575. The molecule has 27 heavy (non-hydrogen) atoms. The number of nitrogens with zero attached hydrogens (tertiary/aromatic N) is 3. The molecule has 2 aromatic rings. The Balaban J connectivity index is 1.49. The van der Waals surface area contributed by atoms with Crippen molar-refractivity contribution in [3.63, 3.8) is 0 Å². The van der Waals surface area contributed by atoms with Gasteiger partial charge in [0.05, 0.1) is 25.0 Å². The Morgan fingerprint density at radius 3 is 3.07 bits per heavy atom. The maximum absolute atomic E-state index is 12.9. The number of para-hydroxylation sites is 1. The van der Waals surface area contributed by atoms with E-state index in [4.69, 9.17) is 4.74 Å². The molecule has 1 aromatic carbocycles. The standard InChI is InChI=1S/C20H24N4O3/c1-15(24-10-8-21-14-24)11-18(25)23-9-4-7-20(13-23)12-22-19(26)16-5-2-3-6-17(16)27-20/h2-3,5-6,8,10,14-15H,4,7,9,11-13H2,1H3,(H,22,26)/t15-,20-/m0/s1. The first-order valence-electron chi connectivity index (χ1n) is 9.38. The number of imidazole rings is 1. The third-order valence-corrected chi connectivity index (χ3v) is 5.43. The van der Waals surface area contributed by atoms with Gasteiger partial charge in [-0.25, -0.2) is 4.98 Å². The van der Waals surface area contributed by atoms with Crippen LogP contribution in [0.3, 0.4) is 0 Å². The number of carbonyl (C=O) groups is 2. The number of rotatable bonds is 3. The number of nitrogens with one attached hydrogen (secondary N) is 1. The fourth-order valence-corrected chi connectivity index (χ4v) is 3.91. The molecule has 7 heteroatoms. The zero-order valence-corrected chi connectivity index (χ0v) is 15.4. The number of benzene rings is 1. The lowest BCUT2D eigenvalue weighted by Gasteiger charge is -2.42. The highest BCUT2D eigenvalue weighted by atomic mass is 16.5. The third kappa shape index (κ3) is 3.54. The van der Waals surface area contributed by atoms with Gasteiger partial charge in [0.2, 0.25) is 5.91 Å². The zero-order valence-electron chi connectivity index (χ0n) is 15.4. The van der Waals surface area contributed by atoms with Crippen molar-refractivity contribution in [2.45, 2.75) is 37.8 Å². The molecule has 0 bridgehead atoms. The number of aromatic nitrogens is 2. The molecule has 0 radical (unpaired) electrons. The molecular weight excluding hydrogens is 344 g/mol. The fraction of sp³-hybridized carbons (Fsp3) is 0.450. The van der Waals surface area contributed by atoms with Crippen LogP contribution in [0.1, 0.15) is 42.6 Å². The lowest BCUT2D eigenvalue weighted by Crippen LogP contribution is -2.58. The Hall–Kier alpha value is -2.83. The highest BCUT2D eigenvalue weighted by Gasteiger charge is 2.42. The molecule has 1 fully saturated rings. The average Bonchev–Trinajstić information content (AvgIpc) is 3.18. The van der Waals surface area contributed by atoms with Gasteiger partial charge in [-0.3, -0.25) is 9.59 Å². The van der Waals surface area contributed by atoms with Gasteiger partial charge >= 0.3 is 0 Å². The quantitative estimate of drug-likeness (QED) is 0.899. The number of carbonyl (C=O) groups excluding carboxylic acids is 2. The molecule has 142 valence electrons. The molecule has 2 aliphatic rings. The predicted molar refractivity (Wildman–Crippen MR) is 99.5 cm³/mol. The number of likely N-dealkylation sites (tertiary alicyclic amines) is 1. The molecule has 1 spiro atoms. The van der Waals surface area contributed by atoms with Crippen molar-refractivity contribution in [1.29, 1.82) is 0 Å². The Kier molecular flexibility index (Phi) is 4.59. The summed E-state index contributed by atoms with van der Waals surface area (Å²) in [6.07, 6.45) is 7.39. The van der Waals surface area contributed by atoms with E-state index in [1.165, 1.54) is 0 Å². The summed E-state index contributed by atoms with van der Waals surface area (Å²) in [6, 6.07) is 7.33. The monoisotopic (exact) mass is 368 g/mol. The molecule has 2 atom stereocenters. The second kappa shape index (κ2) is 7.06. The summed E-state index contributed by atoms with van der Waals surface area (Å²) >= 11 is 0. The minimum Gasteiger partial charge on any atom is -0.483 e. The van der Waals surface area contributed by atoms with Gasteiger partial charge in [-0.05, 0) is 31.9 Å². The lowest BCUT2D eigenvalue weighted by atomic mass is 9.92. The predicted octanol–water partition coefficient (Wildman–Crippen LogP) is 2.02. The summed E-state index contributed by atoms with van der Waals surface area (Å²) < 4.78 is 8.26. The van der Waals surface area contributed by atoms with Crippen molar-refractivity contribution in [2.75, 3.05) is 19.6 Å². The van der Waals surface area contributed by atoms with E-state index in [1.807, 2.05) is 40.8 Å². The van der Waals surface area contributed by atoms with Crippen LogP contribution in [0.25, 0.3) is 0 Å². The van der Waals surface area contributed by atoms with Gasteiger partial charge in [0.1, 0.15) is 11.4 Å². The van der Waals surface area contributed by atoms with Crippen LogP contribution in [0.2, 0.25) is 0 Å².